The molecule has 2 aromatic carbocycles. The molecule has 1 aliphatic rings. The molecule has 0 aliphatic carbocycles. The van der Waals surface area contributed by atoms with E-state index in [1.807, 2.05) is 14.0 Å². The smallest absolute Gasteiger partial charge is 0.335 e. The van der Waals surface area contributed by atoms with Crippen LogP contribution in [0.25, 0.3) is 0 Å². The number of sulfonamides is 1. The van der Waals surface area contributed by atoms with Crippen molar-refractivity contribution in [1.82, 2.24) is 19.4 Å². The Morgan fingerprint density at radius 1 is 1.24 bits per heavy atom. The van der Waals surface area contributed by atoms with Gasteiger partial charge in [-0.15, -0.1) is 0 Å². The molecule has 42 heavy (non-hydrogen) atoms. The number of carbonyl (C=O) groups excluding carboxylic acids is 1. The van der Waals surface area contributed by atoms with Gasteiger partial charge in [-0.25, -0.2) is 9.78 Å². The highest BCUT2D eigenvalue weighted by Gasteiger charge is 2.31. The Hall–Kier alpha value is -3.94. The number of aliphatic hydroxyl groups excluding tert-OH is 1. The van der Waals surface area contributed by atoms with Gasteiger partial charge in [0.1, 0.15) is 11.9 Å². The molecule has 0 saturated carbocycles. The Morgan fingerprint density at radius 2 is 1.95 bits per heavy atom. The molecule has 0 fully saturated rings. The van der Waals surface area contributed by atoms with E-state index in [1.165, 1.54) is 17.1 Å². The van der Waals surface area contributed by atoms with E-state index in [2.05, 4.69) is 14.6 Å². The first-order valence-corrected chi connectivity index (χ1v) is 15.1. The third-order valence-corrected chi connectivity index (χ3v) is 8.54. The van der Waals surface area contributed by atoms with Gasteiger partial charge >= 0.3 is 5.97 Å². The zero-order valence-electron chi connectivity index (χ0n) is 24.1. The molecule has 1 amide bonds. The average molecular weight is 600 g/mol. The lowest BCUT2D eigenvalue weighted by Crippen LogP contribution is -2.47. The van der Waals surface area contributed by atoms with Crippen LogP contribution >= 0.6 is 0 Å². The molecule has 2 heterocycles. The summed E-state index contributed by atoms with van der Waals surface area (Å²) >= 11 is 0. The number of carboxylic acid groups (broad SMARTS) is 1. The molecule has 13 heteroatoms. The number of anilines is 1. The summed E-state index contributed by atoms with van der Waals surface area (Å²) in [7, 11) is -0.340. The Balaban J connectivity index is 1.60. The number of aromatic nitrogens is 2. The summed E-state index contributed by atoms with van der Waals surface area (Å²) in [6, 6.07) is 11.1. The Bertz CT molecular complexity index is 1520. The number of benzene rings is 2. The number of imidazole rings is 1. The Kier molecular flexibility index (Phi) is 9.54. The van der Waals surface area contributed by atoms with Crippen molar-refractivity contribution in [3.05, 3.63) is 71.7 Å². The predicted octanol–water partition coefficient (Wildman–Crippen LogP) is 2.20. The number of nitrogens with one attached hydrogen (secondary N) is 1. The topological polar surface area (TPSA) is 154 Å². The number of likely N-dealkylation sites (N-methyl/N-ethyl adjacent to an activating group) is 1. The summed E-state index contributed by atoms with van der Waals surface area (Å²) in [4.78, 5) is 32.3. The first-order valence-electron chi connectivity index (χ1n) is 13.6. The standard InChI is InChI=1S/C29H37N5O7S/c1-19-13-34(20(2)17-35)28(36)12-23-11-24(31-42(39,40)27-16-33(4)18-30-27)9-10-25(23)41-26(19)15-32(3)14-21-5-7-22(8-6-21)29(37)38/h5-11,16,18-20,26,31,35H,12-15,17H2,1-4H3,(H,37,38)/t19-,20-,26+/m0/s1. The fourth-order valence-electron chi connectivity index (χ4n) is 4.88. The number of ether oxygens (including phenoxy) is 1. The molecular formula is C29H37N5O7S. The van der Waals surface area contributed by atoms with E-state index in [0.29, 0.717) is 30.9 Å². The zero-order chi connectivity index (χ0) is 30.6. The third-order valence-electron chi connectivity index (χ3n) is 7.27. The number of rotatable bonds is 10. The van der Waals surface area contributed by atoms with Crippen molar-refractivity contribution in [3.8, 4) is 5.75 Å². The molecule has 3 atom stereocenters. The monoisotopic (exact) mass is 599 g/mol. The van der Waals surface area contributed by atoms with Crippen LogP contribution in [0.5, 0.6) is 5.75 Å². The second kappa shape index (κ2) is 12.9. The van der Waals surface area contributed by atoms with Crippen LogP contribution < -0.4 is 9.46 Å². The van der Waals surface area contributed by atoms with Crippen LogP contribution in [0.2, 0.25) is 0 Å². The normalized spacial score (nSPS) is 18.4. The molecular weight excluding hydrogens is 562 g/mol. The first-order chi connectivity index (χ1) is 19.9. The van der Waals surface area contributed by atoms with Crippen molar-refractivity contribution < 1.29 is 33.0 Å². The van der Waals surface area contributed by atoms with Gasteiger partial charge in [-0.2, -0.15) is 8.42 Å². The summed E-state index contributed by atoms with van der Waals surface area (Å²) in [6.45, 7) is 4.97. The van der Waals surface area contributed by atoms with Crippen LogP contribution in [0.4, 0.5) is 5.69 Å². The zero-order valence-corrected chi connectivity index (χ0v) is 24.9. The molecule has 1 aromatic heterocycles. The molecule has 4 rings (SSSR count). The molecule has 226 valence electrons. The molecule has 3 N–H and O–H groups in total. The molecule has 12 nitrogen and oxygen atoms in total. The molecule has 3 aromatic rings. The van der Waals surface area contributed by atoms with E-state index >= 15 is 0 Å². The number of amides is 1. The van der Waals surface area contributed by atoms with E-state index in [1.54, 1.807) is 61.3 Å². The fourth-order valence-corrected chi connectivity index (χ4v) is 5.91. The summed E-state index contributed by atoms with van der Waals surface area (Å²) in [5.41, 5.74) is 1.94. The quantitative estimate of drug-likeness (QED) is 0.318. The Morgan fingerprint density at radius 3 is 2.57 bits per heavy atom. The second-order valence-electron chi connectivity index (χ2n) is 10.9. The largest absolute Gasteiger partial charge is 0.488 e. The highest BCUT2D eigenvalue weighted by Crippen LogP contribution is 2.30. The minimum Gasteiger partial charge on any atom is -0.488 e. The summed E-state index contributed by atoms with van der Waals surface area (Å²) in [5.74, 6) is -0.831. The van der Waals surface area contributed by atoms with Gasteiger partial charge in [-0.1, -0.05) is 19.1 Å². The molecule has 0 radical (unpaired) electrons. The number of aliphatic hydroxyl groups is 1. The highest BCUT2D eigenvalue weighted by molar-refractivity contribution is 7.92. The van der Waals surface area contributed by atoms with Crippen LogP contribution in [-0.2, 0) is 34.8 Å². The molecule has 0 unspecified atom stereocenters. The second-order valence-corrected chi connectivity index (χ2v) is 12.5. The van der Waals surface area contributed by atoms with E-state index < -0.39 is 22.0 Å². The number of fused-ring (bicyclic) bond motifs is 1. The third kappa shape index (κ3) is 7.46. The van der Waals surface area contributed by atoms with Gasteiger partial charge < -0.3 is 24.4 Å². The van der Waals surface area contributed by atoms with Crippen LogP contribution in [0.1, 0.15) is 35.3 Å². The van der Waals surface area contributed by atoms with Gasteiger partial charge in [-0.05, 0) is 49.9 Å². The maximum Gasteiger partial charge on any atom is 0.335 e. The molecule has 0 spiro atoms. The van der Waals surface area contributed by atoms with Gasteiger partial charge in [0.25, 0.3) is 10.0 Å². The number of hydrogen-bond acceptors (Lipinski definition) is 8. The lowest BCUT2D eigenvalue weighted by Gasteiger charge is -2.34. The van der Waals surface area contributed by atoms with Gasteiger partial charge in [0.15, 0.2) is 5.03 Å². The number of nitrogens with zero attached hydrogens (tertiary/aromatic N) is 4. The number of carbonyl (C=O) groups is 2. The summed E-state index contributed by atoms with van der Waals surface area (Å²) in [6.07, 6.45) is 2.39. The number of aromatic carboxylic acids is 1. The van der Waals surface area contributed by atoms with Gasteiger partial charge in [0.05, 0.1) is 31.0 Å². The predicted molar refractivity (Wildman–Crippen MR) is 156 cm³/mol. The van der Waals surface area contributed by atoms with Crippen molar-refractivity contribution >= 4 is 27.6 Å². The minimum absolute atomic E-state index is 0.0377. The van der Waals surface area contributed by atoms with Crippen LogP contribution in [-0.4, -0.2) is 88.7 Å². The summed E-state index contributed by atoms with van der Waals surface area (Å²) in [5, 5.41) is 18.9. The van der Waals surface area contributed by atoms with Gasteiger partial charge in [0, 0.05) is 50.0 Å². The van der Waals surface area contributed by atoms with E-state index in [-0.39, 0.29) is 47.2 Å². The van der Waals surface area contributed by atoms with Crippen molar-refractivity contribution in [2.75, 3.05) is 31.5 Å². The summed E-state index contributed by atoms with van der Waals surface area (Å²) < 4.78 is 36.3. The van der Waals surface area contributed by atoms with Crippen molar-refractivity contribution in [3.63, 3.8) is 0 Å². The lowest BCUT2D eigenvalue weighted by atomic mass is 10.0. The van der Waals surface area contributed by atoms with Crippen molar-refractivity contribution in [1.29, 1.82) is 0 Å². The van der Waals surface area contributed by atoms with E-state index in [9.17, 15) is 28.2 Å². The van der Waals surface area contributed by atoms with Gasteiger partial charge in [0.2, 0.25) is 5.91 Å². The van der Waals surface area contributed by atoms with Crippen LogP contribution in [0.3, 0.4) is 0 Å². The van der Waals surface area contributed by atoms with Crippen LogP contribution in [0, 0.1) is 5.92 Å². The first kappa shape index (κ1) is 31.0. The maximum absolute atomic E-state index is 13.5. The lowest BCUT2D eigenvalue weighted by molar-refractivity contribution is -0.134. The molecule has 1 aliphatic heterocycles. The SMILES string of the molecule is C[C@H]1CN([C@@H](C)CO)C(=O)Cc2cc(NS(=O)(=O)c3cn(C)cn3)ccc2O[C@@H]1CN(C)Cc1ccc(C(=O)O)cc1. The molecule has 0 bridgehead atoms. The fraction of sp³-hybridized carbons (Fsp3) is 0.414. The maximum atomic E-state index is 13.5. The number of aryl methyl sites for hydroxylation is 1. The number of carboxylic acids is 1. The minimum atomic E-state index is -3.95. The van der Waals surface area contributed by atoms with Crippen molar-refractivity contribution in [2.24, 2.45) is 13.0 Å². The van der Waals surface area contributed by atoms with E-state index in [0.717, 1.165) is 5.56 Å². The van der Waals surface area contributed by atoms with E-state index in [4.69, 9.17) is 4.74 Å². The van der Waals surface area contributed by atoms with Crippen molar-refractivity contribution in [2.45, 2.75) is 44.0 Å². The average Bonchev–Trinajstić information content (AvgIpc) is 3.40. The Labute approximate surface area is 245 Å². The van der Waals surface area contributed by atoms with Gasteiger partial charge in [-0.3, -0.25) is 14.4 Å². The van der Waals surface area contributed by atoms with Crippen LogP contribution in [0.15, 0.2) is 60.0 Å². The highest BCUT2D eigenvalue weighted by atomic mass is 32.2. The number of hydrogen-bond donors (Lipinski definition) is 3. The molecule has 0 saturated heterocycles.